The van der Waals surface area contributed by atoms with Crippen molar-refractivity contribution in [3.05, 3.63) is 28.8 Å². The monoisotopic (exact) mass is 244 g/mol. The molecule has 0 N–H and O–H groups in total. The van der Waals surface area contributed by atoms with E-state index in [2.05, 4.69) is 4.74 Å². The number of methoxy groups -OCH3 is 1. The van der Waals surface area contributed by atoms with Crippen LogP contribution in [0, 0.1) is 0 Å². The van der Waals surface area contributed by atoms with Crippen LogP contribution in [-0.4, -0.2) is 25.1 Å². The van der Waals surface area contributed by atoms with Crippen LogP contribution in [0.5, 0.6) is 0 Å². The minimum Gasteiger partial charge on any atom is -0.468 e. The third-order valence-corrected chi connectivity index (χ3v) is 3.08. The summed E-state index contributed by atoms with van der Waals surface area (Å²) < 4.78 is 4.49. The van der Waals surface area contributed by atoms with Crippen molar-refractivity contribution in [3.8, 4) is 0 Å². The molecule has 1 aromatic carbocycles. The minimum atomic E-state index is -0.336. The van der Waals surface area contributed by atoms with Crippen molar-refractivity contribution in [3.63, 3.8) is 0 Å². The average molecular weight is 245 g/mol. The summed E-state index contributed by atoms with van der Waals surface area (Å²) in [4.78, 5) is 22.3. The summed E-state index contributed by atoms with van der Waals surface area (Å²) in [6, 6.07) is 5.10. The molecular formula is C10H9ClO3S. The Morgan fingerprint density at radius 2 is 2.33 bits per heavy atom. The highest BCUT2D eigenvalue weighted by atomic mass is 35.5. The van der Waals surface area contributed by atoms with Gasteiger partial charge in [-0.3, -0.25) is 9.59 Å². The molecule has 15 heavy (non-hydrogen) atoms. The number of aldehydes is 1. The topological polar surface area (TPSA) is 43.4 Å². The summed E-state index contributed by atoms with van der Waals surface area (Å²) in [6.45, 7) is 0. The van der Waals surface area contributed by atoms with Gasteiger partial charge in [0.1, 0.15) is 0 Å². The molecule has 0 aliphatic heterocycles. The number of hydrogen-bond donors (Lipinski definition) is 0. The number of benzene rings is 1. The minimum absolute atomic E-state index is 0.164. The van der Waals surface area contributed by atoms with E-state index < -0.39 is 0 Å². The Morgan fingerprint density at radius 1 is 1.60 bits per heavy atom. The first-order chi connectivity index (χ1) is 7.19. The number of ether oxygens (including phenoxy) is 1. The third kappa shape index (κ3) is 3.25. The highest BCUT2D eigenvalue weighted by Gasteiger charge is 2.08. The predicted octanol–water partition coefficient (Wildman–Crippen LogP) is 2.42. The second kappa shape index (κ2) is 5.78. The first-order valence-electron chi connectivity index (χ1n) is 4.12. The van der Waals surface area contributed by atoms with Gasteiger partial charge in [-0.1, -0.05) is 17.7 Å². The zero-order valence-corrected chi connectivity index (χ0v) is 9.60. The van der Waals surface area contributed by atoms with Gasteiger partial charge in [0.05, 0.1) is 17.9 Å². The Kier molecular flexibility index (Phi) is 4.65. The quantitative estimate of drug-likeness (QED) is 0.464. The maximum Gasteiger partial charge on any atom is 0.315 e. The molecule has 0 aliphatic rings. The van der Waals surface area contributed by atoms with Crippen molar-refractivity contribution < 1.29 is 14.3 Å². The number of hydrogen-bond acceptors (Lipinski definition) is 4. The zero-order valence-electron chi connectivity index (χ0n) is 8.03. The van der Waals surface area contributed by atoms with Crippen molar-refractivity contribution >= 4 is 35.6 Å². The van der Waals surface area contributed by atoms with E-state index in [1.165, 1.54) is 18.9 Å². The molecule has 0 radical (unpaired) electrons. The molecule has 0 saturated heterocycles. The van der Waals surface area contributed by atoms with Crippen molar-refractivity contribution in [2.24, 2.45) is 0 Å². The zero-order chi connectivity index (χ0) is 11.3. The smallest absolute Gasteiger partial charge is 0.315 e. The molecule has 0 amide bonds. The molecule has 1 aromatic rings. The first-order valence-corrected chi connectivity index (χ1v) is 5.48. The Hall–Kier alpha value is -1.00. The standard InChI is InChI=1S/C10H9ClO3S/c1-14-10(13)6-15-9-4-2-3-8(11)7(9)5-12/h2-5H,6H2,1H3. The summed E-state index contributed by atoms with van der Waals surface area (Å²) in [6.07, 6.45) is 0.682. The largest absolute Gasteiger partial charge is 0.468 e. The predicted molar refractivity (Wildman–Crippen MR) is 59.6 cm³/mol. The molecule has 0 unspecified atom stereocenters. The number of thioether (sulfide) groups is 1. The van der Waals surface area contributed by atoms with Crippen LogP contribution in [0.25, 0.3) is 0 Å². The van der Waals surface area contributed by atoms with Crippen LogP contribution >= 0.6 is 23.4 Å². The maximum atomic E-state index is 10.9. The maximum absolute atomic E-state index is 10.9. The molecule has 5 heteroatoms. The lowest BCUT2D eigenvalue weighted by molar-refractivity contribution is -0.137. The van der Waals surface area contributed by atoms with Crippen LogP contribution in [-0.2, 0) is 9.53 Å². The molecule has 0 aromatic heterocycles. The summed E-state index contributed by atoms with van der Waals surface area (Å²) in [5, 5.41) is 0.389. The molecule has 0 aliphatic carbocycles. The third-order valence-electron chi connectivity index (χ3n) is 1.70. The summed E-state index contributed by atoms with van der Waals surface area (Å²) in [5.74, 6) is -0.172. The van der Waals surface area contributed by atoms with E-state index in [4.69, 9.17) is 11.6 Å². The van der Waals surface area contributed by atoms with Gasteiger partial charge in [0.2, 0.25) is 0 Å². The fraction of sp³-hybridized carbons (Fsp3) is 0.200. The van der Waals surface area contributed by atoms with Crippen molar-refractivity contribution in [2.45, 2.75) is 4.90 Å². The van der Waals surface area contributed by atoms with Crippen LogP contribution < -0.4 is 0 Å². The highest BCUT2D eigenvalue weighted by molar-refractivity contribution is 8.00. The van der Waals surface area contributed by atoms with Gasteiger partial charge in [-0.2, -0.15) is 0 Å². The Bertz CT molecular complexity index is 379. The van der Waals surface area contributed by atoms with E-state index >= 15 is 0 Å². The van der Waals surface area contributed by atoms with Gasteiger partial charge in [0.15, 0.2) is 6.29 Å². The van der Waals surface area contributed by atoms with Gasteiger partial charge in [-0.15, -0.1) is 11.8 Å². The molecule has 3 nitrogen and oxygen atoms in total. The number of carbonyl (C=O) groups excluding carboxylic acids is 2. The number of carbonyl (C=O) groups is 2. The summed E-state index contributed by atoms with van der Waals surface area (Å²) in [7, 11) is 1.32. The average Bonchev–Trinajstić information content (AvgIpc) is 2.25. The molecule has 80 valence electrons. The van der Waals surface area contributed by atoms with Crippen LogP contribution in [0.2, 0.25) is 5.02 Å². The van der Waals surface area contributed by atoms with Gasteiger partial charge >= 0.3 is 5.97 Å². The fourth-order valence-corrected chi connectivity index (χ4v) is 2.11. The second-order valence-electron chi connectivity index (χ2n) is 2.63. The van der Waals surface area contributed by atoms with Gasteiger partial charge in [-0.05, 0) is 12.1 Å². The SMILES string of the molecule is COC(=O)CSc1cccc(Cl)c1C=O. The number of esters is 1. The molecule has 0 spiro atoms. The molecular weight excluding hydrogens is 236 g/mol. The number of halogens is 1. The molecule has 0 fully saturated rings. The normalized spacial score (nSPS) is 9.73. The van der Waals surface area contributed by atoms with Crippen LogP contribution in [0.4, 0.5) is 0 Å². The van der Waals surface area contributed by atoms with Gasteiger partial charge in [0.25, 0.3) is 0 Å². The van der Waals surface area contributed by atoms with E-state index in [1.807, 2.05) is 0 Å². The molecule has 0 atom stereocenters. The fourth-order valence-electron chi connectivity index (χ4n) is 0.953. The van der Waals surface area contributed by atoms with Crippen molar-refractivity contribution in [1.82, 2.24) is 0 Å². The van der Waals surface area contributed by atoms with Crippen molar-refractivity contribution in [1.29, 1.82) is 0 Å². The van der Waals surface area contributed by atoms with Gasteiger partial charge in [-0.25, -0.2) is 0 Å². The van der Waals surface area contributed by atoms with E-state index in [0.29, 0.717) is 21.8 Å². The Labute approximate surface area is 96.8 Å². The Balaban J connectivity index is 2.80. The van der Waals surface area contributed by atoms with E-state index in [0.717, 1.165) is 0 Å². The van der Waals surface area contributed by atoms with Crippen LogP contribution in [0.3, 0.4) is 0 Å². The first kappa shape index (κ1) is 12.1. The van der Waals surface area contributed by atoms with Gasteiger partial charge < -0.3 is 4.74 Å². The van der Waals surface area contributed by atoms with Crippen LogP contribution in [0.1, 0.15) is 10.4 Å². The molecule has 0 heterocycles. The van der Waals surface area contributed by atoms with Gasteiger partial charge in [0, 0.05) is 10.5 Å². The lowest BCUT2D eigenvalue weighted by atomic mass is 10.2. The van der Waals surface area contributed by atoms with E-state index in [1.54, 1.807) is 18.2 Å². The second-order valence-corrected chi connectivity index (χ2v) is 4.06. The van der Waals surface area contributed by atoms with E-state index in [-0.39, 0.29) is 11.7 Å². The lowest BCUT2D eigenvalue weighted by Crippen LogP contribution is -2.03. The molecule has 0 bridgehead atoms. The number of rotatable bonds is 4. The van der Waals surface area contributed by atoms with E-state index in [9.17, 15) is 9.59 Å². The molecule has 1 rings (SSSR count). The van der Waals surface area contributed by atoms with Crippen LogP contribution in [0.15, 0.2) is 23.1 Å². The summed E-state index contributed by atoms with van der Waals surface area (Å²) >= 11 is 7.05. The summed E-state index contributed by atoms with van der Waals surface area (Å²) in [5.41, 5.74) is 0.410. The lowest BCUT2D eigenvalue weighted by Gasteiger charge is -2.04. The van der Waals surface area contributed by atoms with Crippen molar-refractivity contribution in [2.75, 3.05) is 12.9 Å². The molecule has 0 saturated carbocycles. The highest BCUT2D eigenvalue weighted by Crippen LogP contribution is 2.26. The Morgan fingerprint density at radius 3 is 2.93 bits per heavy atom.